The lowest BCUT2D eigenvalue weighted by Crippen LogP contribution is -1.94. The first-order valence-corrected chi connectivity index (χ1v) is 7.29. The lowest BCUT2D eigenvalue weighted by Gasteiger charge is -2.03. The summed E-state index contributed by atoms with van der Waals surface area (Å²) in [6.07, 6.45) is 3.39. The molecule has 0 bridgehead atoms. The van der Waals surface area contributed by atoms with Crippen molar-refractivity contribution < 1.29 is 4.74 Å². The molecule has 0 aliphatic rings. The third-order valence-electron chi connectivity index (χ3n) is 2.98. The molecule has 3 heterocycles. The maximum Gasteiger partial charge on any atom is 0.213 e. The molecule has 0 aromatic carbocycles. The van der Waals surface area contributed by atoms with Crippen molar-refractivity contribution in [3.8, 4) is 23.2 Å². The van der Waals surface area contributed by atoms with Crippen molar-refractivity contribution in [3.63, 3.8) is 0 Å². The van der Waals surface area contributed by atoms with E-state index in [1.54, 1.807) is 12.4 Å². The van der Waals surface area contributed by atoms with Crippen LogP contribution in [0, 0.1) is 11.3 Å². The van der Waals surface area contributed by atoms with Crippen molar-refractivity contribution in [2.24, 2.45) is 0 Å². The van der Waals surface area contributed by atoms with Gasteiger partial charge in [-0.2, -0.15) is 5.26 Å². The predicted octanol–water partition coefficient (Wildman–Crippen LogP) is 3.92. The third-order valence-corrected chi connectivity index (χ3v) is 2.98. The van der Waals surface area contributed by atoms with E-state index in [0.717, 1.165) is 16.6 Å². The Labute approximate surface area is 129 Å². The minimum Gasteiger partial charge on any atom is -0.478 e. The van der Waals surface area contributed by atoms with Crippen LogP contribution in [0.3, 0.4) is 0 Å². The highest BCUT2D eigenvalue weighted by Gasteiger charge is 2.07. The Kier molecular flexibility index (Phi) is 5.10. The fourth-order valence-electron chi connectivity index (χ4n) is 2.02. The summed E-state index contributed by atoms with van der Waals surface area (Å²) in [5.41, 5.74) is 3.01. The van der Waals surface area contributed by atoms with Crippen LogP contribution in [0.25, 0.3) is 22.3 Å². The van der Waals surface area contributed by atoms with Gasteiger partial charge in [-0.25, -0.2) is 9.97 Å². The van der Waals surface area contributed by atoms with Crippen LogP contribution in [0.2, 0.25) is 0 Å². The zero-order valence-electron chi connectivity index (χ0n) is 12.9. The van der Waals surface area contributed by atoms with Crippen LogP contribution in [0.1, 0.15) is 26.3 Å². The van der Waals surface area contributed by atoms with Gasteiger partial charge in [-0.05, 0) is 25.1 Å². The van der Waals surface area contributed by atoms with E-state index < -0.39 is 0 Å². The number of aromatic nitrogens is 3. The Bertz CT molecular complexity index is 785. The van der Waals surface area contributed by atoms with E-state index >= 15 is 0 Å². The van der Waals surface area contributed by atoms with Gasteiger partial charge in [-0.1, -0.05) is 13.8 Å². The summed E-state index contributed by atoms with van der Waals surface area (Å²) in [5.74, 6) is 0.601. The molecule has 0 aliphatic heterocycles. The molecular formula is C17H18N4O. The van der Waals surface area contributed by atoms with Gasteiger partial charge in [-0.3, -0.25) is 0 Å². The second-order valence-corrected chi connectivity index (χ2v) is 4.22. The molecule has 3 rings (SSSR count). The summed E-state index contributed by atoms with van der Waals surface area (Å²) in [4.78, 5) is 11.7. The van der Waals surface area contributed by atoms with Crippen molar-refractivity contribution in [2.75, 3.05) is 6.61 Å². The highest BCUT2D eigenvalue weighted by atomic mass is 16.5. The van der Waals surface area contributed by atoms with Crippen LogP contribution in [0.4, 0.5) is 0 Å². The van der Waals surface area contributed by atoms with E-state index in [-0.39, 0.29) is 0 Å². The molecule has 112 valence electrons. The number of hydrogen-bond donors (Lipinski definition) is 1. The Morgan fingerprint density at radius 2 is 2.05 bits per heavy atom. The van der Waals surface area contributed by atoms with Gasteiger partial charge in [-0.15, -0.1) is 0 Å². The van der Waals surface area contributed by atoms with Gasteiger partial charge in [0.05, 0.1) is 17.9 Å². The highest BCUT2D eigenvalue weighted by molar-refractivity contribution is 5.84. The monoisotopic (exact) mass is 294 g/mol. The SMILES string of the molecule is CC.CCOc1ccc(-c2ccc3c(C#N)c[nH]c3n2)cn1. The molecular weight excluding hydrogens is 276 g/mol. The first kappa shape index (κ1) is 15.5. The number of aromatic amines is 1. The average Bonchev–Trinajstić information content (AvgIpc) is 3.00. The molecule has 0 spiro atoms. The fourth-order valence-corrected chi connectivity index (χ4v) is 2.02. The highest BCUT2D eigenvalue weighted by Crippen LogP contribution is 2.23. The molecule has 0 saturated heterocycles. The lowest BCUT2D eigenvalue weighted by atomic mass is 10.1. The smallest absolute Gasteiger partial charge is 0.213 e. The topological polar surface area (TPSA) is 74.6 Å². The van der Waals surface area contributed by atoms with Crippen LogP contribution in [-0.2, 0) is 0 Å². The van der Waals surface area contributed by atoms with E-state index in [9.17, 15) is 0 Å². The van der Waals surface area contributed by atoms with Crippen LogP contribution in [-0.4, -0.2) is 21.6 Å². The van der Waals surface area contributed by atoms with Gasteiger partial charge in [0.2, 0.25) is 5.88 Å². The van der Waals surface area contributed by atoms with E-state index in [4.69, 9.17) is 10.00 Å². The molecule has 0 amide bonds. The Hall–Kier alpha value is -2.87. The molecule has 3 aromatic rings. The zero-order valence-corrected chi connectivity index (χ0v) is 12.9. The quantitative estimate of drug-likeness (QED) is 0.794. The molecule has 0 saturated carbocycles. The lowest BCUT2D eigenvalue weighted by molar-refractivity contribution is 0.327. The van der Waals surface area contributed by atoms with Gasteiger partial charge in [0.25, 0.3) is 0 Å². The molecule has 5 heteroatoms. The Morgan fingerprint density at radius 1 is 1.23 bits per heavy atom. The fraction of sp³-hybridized carbons (Fsp3) is 0.235. The average molecular weight is 294 g/mol. The summed E-state index contributed by atoms with van der Waals surface area (Å²) in [7, 11) is 0. The van der Waals surface area contributed by atoms with Crippen LogP contribution >= 0.6 is 0 Å². The van der Waals surface area contributed by atoms with Crippen molar-refractivity contribution in [1.29, 1.82) is 5.26 Å². The van der Waals surface area contributed by atoms with Crippen molar-refractivity contribution in [3.05, 3.63) is 42.2 Å². The molecule has 22 heavy (non-hydrogen) atoms. The Balaban J connectivity index is 0.000000847. The first-order valence-electron chi connectivity index (χ1n) is 7.29. The number of fused-ring (bicyclic) bond motifs is 1. The van der Waals surface area contributed by atoms with Gasteiger partial charge < -0.3 is 9.72 Å². The number of nitrogens with zero attached hydrogens (tertiary/aromatic N) is 3. The number of H-pyrrole nitrogens is 1. The van der Waals surface area contributed by atoms with Gasteiger partial charge in [0, 0.05) is 29.4 Å². The second-order valence-electron chi connectivity index (χ2n) is 4.22. The molecule has 1 N–H and O–H groups in total. The molecule has 3 aromatic heterocycles. The van der Waals surface area contributed by atoms with Crippen molar-refractivity contribution in [2.45, 2.75) is 20.8 Å². The normalized spacial score (nSPS) is 9.73. The molecule has 0 fully saturated rings. The molecule has 0 atom stereocenters. The number of pyridine rings is 2. The standard InChI is InChI=1S/C15H12N4O.C2H6/c1-2-20-14-6-3-10(8-17-14)13-5-4-12-11(7-16)9-18-15(12)19-13;1-2/h3-6,8-9H,2H2,1H3,(H,18,19);1-2H3. The molecule has 0 aliphatic carbocycles. The van der Waals surface area contributed by atoms with Crippen LogP contribution in [0.5, 0.6) is 5.88 Å². The minimum atomic E-state index is 0.593. The molecule has 0 radical (unpaired) electrons. The van der Waals surface area contributed by atoms with E-state index in [2.05, 4.69) is 21.0 Å². The summed E-state index contributed by atoms with van der Waals surface area (Å²) in [6, 6.07) is 9.64. The summed E-state index contributed by atoms with van der Waals surface area (Å²) in [6.45, 7) is 6.51. The predicted molar refractivity (Wildman–Crippen MR) is 86.6 cm³/mol. The zero-order chi connectivity index (χ0) is 15.9. The number of nitriles is 1. The Morgan fingerprint density at radius 3 is 2.68 bits per heavy atom. The van der Waals surface area contributed by atoms with Crippen LogP contribution in [0.15, 0.2) is 36.7 Å². The first-order chi connectivity index (χ1) is 10.8. The van der Waals surface area contributed by atoms with Crippen molar-refractivity contribution >= 4 is 11.0 Å². The van der Waals surface area contributed by atoms with Crippen LogP contribution < -0.4 is 4.74 Å². The van der Waals surface area contributed by atoms with E-state index in [0.29, 0.717) is 23.7 Å². The summed E-state index contributed by atoms with van der Waals surface area (Å²) in [5, 5.41) is 9.80. The minimum absolute atomic E-state index is 0.593. The summed E-state index contributed by atoms with van der Waals surface area (Å²) >= 11 is 0. The summed E-state index contributed by atoms with van der Waals surface area (Å²) < 4.78 is 5.31. The van der Waals surface area contributed by atoms with Gasteiger partial charge in [0.1, 0.15) is 11.7 Å². The van der Waals surface area contributed by atoms with Gasteiger partial charge in [0.15, 0.2) is 0 Å². The number of rotatable bonds is 3. The van der Waals surface area contributed by atoms with Gasteiger partial charge >= 0.3 is 0 Å². The maximum atomic E-state index is 8.97. The van der Waals surface area contributed by atoms with E-state index in [1.807, 2.05) is 45.0 Å². The number of ether oxygens (including phenoxy) is 1. The molecule has 5 nitrogen and oxygen atoms in total. The van der Waals surface area contributed by atoms with Crippen molar-refractivity contribution in [1.82, 2.24) is 15.0 Å². The number of hydrogen-bond acceptors (Lipinski definition) is 4. The van der Waals surface area contributed by atoms with E-state index in [1.165, 1.54) is 0 Å². The third kappa shape index (κ3) is 3.07. The molecule has 0 unspecified atom stereocenters. The number of nitrogens with one attached hydrogen (secondary N) is 1. The second kappa shape index (κ2) is 7.23. The largest absolute Gasteiger partial charge is 0.478 e. The maximum absolute atomic E-state index is 8.97.